The summed E-state index contributed by atoms with van der Waals surface area (Å²) in [5.41, 5.74) is -3.90. The van der Waals surface area contributed by atoms with Crippen molar-refractivity contribution in [2.24, 2.45) is 17.3 Å². The maximum atomic E-state index is 13.4. The highest BCUT2D eigenvalue weighted by Crippen LogP contribution is 2.66. The lowest BCUT2D eigenvalue weighted by molar-refractivity contribution is -0.248. The van der Waals surface area contributed by atoms with E-state index in [2.05, 4.69) is 6.92 Å². The van der Waals surface area contributed by atoms with Gasteiger partial charge in [-0.05, 0) is 32.8 Å². The number of hydrogen-bond donors (Lipinski definition) is 0. The average Bonchev–Trinajstić information content (AvgIpc) is 3.62. The number of fused-ring (bicyclic) bond motifs is 1. The van der Waals surface area contributed by atoms with Crippen LogP contribution in [0.15, 0.2) is 11.6 Å². The zero-order valence-electron chi connectivity index (χ0n) is 31.6. The summed E-state index contributed by atoms with van der Waals surface area (Å²) in [6.45, 7) is 14.5. The van der Waals surface area contributed by atoms with Gasteiger partial charge in [-0.2, -0.15) is 0 Å². The van der Waals surface area contributed by atoms with Gasteiger partial charge in [0.2, 0.25) is 0 Å². The summed E-state index contributed by atoms with van der Waals surface area (Å²) in [6.07, 6.45) is 0.559. The van der Waals surface area contributed by atoms with Crippen LogP contribution >= 0.6 is 0 Å². The number of epoxide rings is 1. The number of carbonyl (C=O) groups is 6. The molecule has 51 heavy (non-hydrogen) atoms. The minimum absolute atomic E-state index is 0.00824. The fourth-order valence-corrected chi connectivity index (χ4v) is 8.78. The van der Waals surface area contributed by atoms with Crippen LogP contribution in [-0.2, 0) is 61.9 Å². The topological polar surface area (TPSA) is 170 Å². The first-order valence-corrected chi connectivity index (χ1v) is 18.4. The summed E-state index contributed by atoms with van der Waals surface area (Å²) >= 11 is 0. The molecule has 0 aromatic rings. The zero-order chi connectivity index (χ0) is 37.9. The molecule has 13 nitrogen and oxygen atoms in total. The summed E-state index contributed by atoms with van der Waals surface area (Å²) in [4.78, 5) is 78.8. The molecule has 2 saturated heterocycles. The second-order valence-electron chi connectivity index (χ2n) is 15.1. The van der Waals surface area contributed by atoms with Crippen molar-refractivity contribution in [3.63, 3.8) is 0 Å². The molecule has 2 heterocycles. The van der Waals surface area contributed by atoms with Crippen LogP contribution in [0.1, 0.15) is 127 Å². The Morgan fingerprint density at radius 3 is 1.96 bits per heavy atom. The third-order valence-corrected chi connectivity index (χ3v) is 11.2. The van der Waals surface area contributed by atoms with Crippen LogP contribution < -0.4 is 0 Å². The number of esters is 6. The molecule has 2 aliphatic carbocycles. The first kappa shape index (κ1) is 40.3. The summed E-state index contributed by atoms with van der Waals surface area (Å²) in [5.74, 6) is -5.28. The standard InChI is InChI=1S/C38H56O13/c1-10-12-13-14-15-17-31(43)48-26-20-28(45-23(5)39)36(8)32(22(26)4)34(47-25(7)41)38-29(50-35(44)37(38,9)51-38)19-21(3)18-27(33(36)46-24(6)40)49-30(42)16-11-2/h19,22,26-29,32-34H,10-18,20H2,1-9H3/b21-19-/t22-,26-,27-,28-,29-,32+,33-,34-,36-,37+,38-/m0/s1. The minimum atomic E-state index is -1.53. The third kappa shape index (κ3) is 7.98. The van der Waals surface area contributed by atoms with Gasteiger partial charge < -0.3 is 33.2 Å². The quantitative estimate of drug-likeness (QED) is 0.0797. The summed E-state index contributed by atoms with van der Waals surface area (Å²) in [5, 5.41) is 0. The molecule has 11 atom stereocenters. The predicted octanol–water partition coefficient (Wildman–Crippen LogP) is 5.23. The van der Waals surface area contributed by atoms with Crippen LogP contribution in [0.3, 0.4) is 0 Å². The van der Waals surface area contributed by atoms with Gasteiger partial charge in [-0.1, -0.05) is 59.0 Å². The Balaban J connectivity index is 1.95. The van der Waals surface area contributed by atoms with Crippen molar-refractivity contribution in [3.8, 4) is 0 Å². The molecule has 2 aliphatic heterocycles. The lowest BCUT2D eigenvalue weighted by Crippen LogP contribution is -2.68. The highest BCUT2D eigenvalue weighted by molar-refractivity contribution is 5.89. The number of ether oxygens (including phenoxy) is 7. The first-order valence-electron chi connectivity index (χ1n) is 18.4. The SMILES string of the molecule is CCCCCCCC(=O)O[C@H]1C[C@H](OC(C)=O)[C@@]2(C)[C@H]([C@H]1C)[C@H](OC(C)=O)[C@]13O[C@]1(C)C(=O)O[C@H]3/C=C(/C)C[C@H](OC(=O)CCC)[C@@H]2OC(C)=O. The lowest BCUT2D eigenvalue weighted by Gasteiger charge is -2.57. The molecule has 13 heteroatoms. The van der Waals surface area contributed by atoms with E-state index in [1.54, 1.807) is 26.8 Å². The smallest absolute Gasteiger partial charge is 0.342 e. The number of unbranched alkanes of at least 4 members (excludes halogenated alkanes) is 4. The maximum Gasteiger partial charge on any atom is 0.342 e. The Bertz CT molecular complexity index is 1390. The Hall–Kier alpha value is -3.48. The van der Waals surface area contributed by atoms with E-state index in [1.165, 1.54) is 20.8 Å². The molecule has 0 aromatic carbocycles. The molecular formula is C38H56O13. The van der Waals surface area contributed by atoms with Crippen molar-refractivity contribution in [3.05, 3.63) is 11.6 Å². The highest BCUT2D eigenvalue weighted by atomic mass is 16.7. The molecule has 3 fully saturated rings. The molecule has 1 saturated carbocycles. The summed E-state index contributed by atoms with van der Waals surface area (Å²) < 4.78 is 42.8. The first-order chi connectivity index (χ1) is 24.0. The molecule has 0 aromatic heterocycles. The van der Waals surface area contributed by atoms with Crippen LogP contribution in [0.5, 0.6) is 0 Å². The van der Waals surface area contributed by atoms with Gasteiger partial charge in [0, 0.05) is 58.3 Å². The van der Waals surface area contributed by atoms with Gasteiger partial charge in [0.1, 0.15) is 30.5 Å². The van der Waals surface area contributed by atoms with E-state index in [0.29, 0.717) is 18.4 Å². The van der Waals surface area contributed by atoms with Gasteiger partial charge >= 0.3 is 35.8 Å². The van der Waals surface area contributed by atoms with E-state index in [-0.39, 0.29) is 25.7 Å². The fourth-order valence-electron chi connectivity index (χ4n) is 8.78. The third-order valence-electron chi connectivity index (χ3n) is 11.2. The molecular weight excluding hydrogens is 664 g/mol. The summed E-state index contributed by atoms with van der Waals surface area (Å²) in [6, 6.07) is 0. The predicted molar refractivity (Wildman–Crippen MR) is 181 cm³/mol. The van der Waals surface area contributed by atoms with Gasteiger partial charge in [-0.15, -0.1) is 0 Å². The van der Waals surface area contributed by atoms with Crippen LogP contribution in [-0.4, -0.2) is 83.6 Å². The van der Waals surface area contributed by atoms with E-state index >= 15 is 0 Å². The molecule has 286 valence electrons. The van der Waals surface area contributed by atoms with Crippen LogP contribution in [0, 0.1) is 17.3 Å². The Morgan fingerprint density at radius 2 is 1.37 bits per heavy atom. The van der Waals surface area contributed by atoms with Crippen molar-refractivity contribution < 1.29 is 61.9 Å². The van der Waals surface area contributed by atoms with Crippen molar-refractivity contribution in [2.45, 2.75) is 174 Å². The largest absolute Gasteiger partial charge is 0.462 e. The van der Waals surface area contributed by atoms with Crippen molar-refractivity contribution in [2.75, 3.05) is 0 Å². The van der Waals surface area contributed by atoms with Gasteiger partial charge in [0.25, 0.3) is 0 Å². The molecule has 0 bridgehead atoms. The molecule has 1 spiro atoms. The Kier molecular flexibility index (Phi) is 12.7. The van der Waals surface area contributed by atoms with Crippen LogP contribution in [0.25, 0.3) is 0 Å². The van der Waals surface area contributed by atoms with Gasteiger partial charge in [-0.25, -0.2) is 4.79 Å². The van der Waals surface area contributed by atoms with Crippen LogP contribution in [0.4, 0.5) is 0 Å². The average molecular weight is 721 g/mol. The monoisotopic (exact) mass is 720 g/mol. The van der Waals surface area contributed by atoms with Gasteiger partial charge in [-0.3, -0.25) is 24.0 Å². The molecule has 0 amide bonds. The highest BCUT2D eigenvalue weighted by Gasteiger charge is 2.87. The van der Waals surface area contributed by atoms with Gasteiger partial charge in [0.15, 0.2) is 17.3 Å². The minimum Gasteiger partial charge on any atom is -0.462 e. The fraction of sp³-hybridized carbons (Fsp3) is 0.789. The Labute approximate surface area is 300 Å². The Morgan fingerprint density at radius 1 is 0.784 bits per heavy atom. The number of carbonyl (C=O) groups excluding carboxylic acids is 6. The summed E-state index contributed by atoms with van der Waals surface area (Å²) in [7, 11) is 0. The molecule has 4 rings (SSSR count). The normalized spacial score (nSPS) is 37.9. The van der Waals surface area contributed by atoms with Crippen LogP contribution in [0.2, 0.25) is 0 Å². The maximum absolute atomic E-state index is 13.4. The van der Waals surface area contributed by atoms with Crippen molar-refractivity contribution in [1.82, 2.24) is 0 Å². The van der Waals surface area contributed by atoms with E-state index in [4.69, 9.17) is 33.2 Å². The lowest BCUT2D eigenvalue weighted by atomic mass is 9.52. The molecule has 0 unspecified atom stereocenters. The second kappa shape index (κ2) is 16.0. The van der Waals surface area contributed by atoms with E-state index in [0.717, 1.165) is 25.7 Å². The number of hydrogen-bond acceptors (Lipinski definition) is 13. The zero-order valence-corrected chi connectivity index (χ0v) is 31.6. The second-order valence-corrected chi connectivity index (χ2v) is 15.1. The molecule has 4 aliphatic rings. The molecule has 0 radical (unpaired) electrons. The van der Waals surface area contributed by atoms with Gasteiger partial charge in [0.05, 0.1) is 5.41 Å². The van der Waals surface area contributed by atoms with Crippen molar-refractivity contribution >= 4 is 35.8 Å². The van der Waals surface area contributed by atoms with E-state index < -0.39 is 101 Å². The number of rotatable bonds is 13. The van der Waals surface area contributed by atoms with E-state index in [1.807, 2.05) is 13.8 Å². The van der Waals surface area contributed by atoms with Crippen molar-refractivity contribution in [1.29, 1.82) is 0 Å². The molecule has 0 N–H and O–H groups in total. The van der Waals surface area contributed by atoms with E-state index in [9.17, 15) is 28.8 Å².